The molecule has 0 bridgehead atoms. The van der Waals surface area contributed by atoms with Crippen molar-refractivity contribution in [1.82, 2.24) is 4.57 Å². The van der Waals surface area contributed by atoms with Crippen LogP contribution in [0, 0.1) is 0 Å². The van der Waals surface area contributed by atoms with Gasteiger partial charge in [-0.25, -0.2) is 0 Å². The van der Waals surface area contributed by atoms with E-state index in [0.29, 0.717) is 5.92 Å². The Kier molecular flexibility index (Phi) is 11.6. The van der Waals surface area contributed by atoms with E-state index in [4.69, 9.17) is 0 Å². The van der Waals surface area contributed by atoms with E-state index in [1.54, 1.807) is 0 Å². The van der Waals surface area contributed by atoms with Crippen LogP contribution in [0.5, 0.6) is 0 Å². The summed E-state index contributed by atoms with van der Waals surface area (Å²) < 4.78 is 2.48. The zero-order chi connectivity index (χ0) is 50.5. The van der Waals surface area contributed by atoms with E-state index in [1.807, 2.05) is 11.8 Å². The zero-order valence-electron chi connectivity index (χ0n) is 42.1. The summed E-state index contributed by atoms with van der Waals surface area (Å²) in [6.07, 6.45) is 23.0. The first-order chi connectivity index (χ1) is 37.6. The van der Waals surface area contributed by atoms with E-state index in [-0.39, 0.29) is 0 Å². The van der Waals surface area contributed by atoms with Crippen LogP contribution in [0.2, 0.25) is 0 Å². The second kappa shape index (κ2) is 19.3. The molecule has 2 aliphatic carbocycles. The number of allylic oxidation sites excluding steroid dienone is 9. The molecule has 3 heterocycles. The molecule has 0 saturated heterocycles. The molecule has 0 radical (unpaired) electrons. The predicted octanol–water partition coefficient (Wildman–Crippen LogP) is 20.0. The predicted molar refractivity (Wildman–Crippen MR) is 323 cm³/mol. The Labute approximate surface area is 449 Å². The van der Waals surface area contributed by atoms with Crippen LogP contribution in [0.4, 0.5) is 28.4 Å². The van der Waals surface area contributed by atoms with Gasteiger partial charge in [0, 0.05) is 67.7 Å². The molecular weight excluding hydrogens is 939 g/mol. The quantitative estimate of drug-likeness (QED) is 0.143. The smallest absolute Gasteiger partial charge is 0.0539 e. The van der Waals surface area contributed by atoms with E-state index in [0.717, 1.165) is 92.2 Å². The average molecular weight is 992 g/mol. The molecular formula is C72H53N3S. The van der Waals surface area contributed by atoms with E-state index >= 15 is 0 Å². The Morgan fingerprint density at radius 1 is 0.500 bits per heavy atom. The SMILES string of the molecule is C=C1/C=C\C=C/N(c2ccccc2)c2cc(-c3cc(-c4cc(-c5ccccc5)cc(N(c5ccccc5)c5ccc6c(c5)C5CC=CC=C5S6)c4)cc(-c4ccc5c(c4)c4c(n5-c5ccccc5)CCC=C4)c3)ccc21. The standard InChI is InChI=1S/C72H53N3S/c1-49-20-18-19-39-73(58-23-8-3-9-24-58)70-47-52(33-36-63(49)70)54-40-53(51-34-37-69-66(46-51)64-29-14-16-31-68(64)75(69)60-27-12-5-13-28-60)41-55(42-54)57-43-56(50-21-6-2-7-22-50)44-62(45-57)74(59-25-10-4-11-26-59)61-35-38-72-67(48-61)65-30-15-17-32-71(65)76-72/h2-15,17-29,32-48,65H,1,16,30-31H2/b20-18-,39-19-. The summed E-state index contributed by atoms with van der Waals surface area (Å²) in [5.41, 5.74) is 23.3. The third kappa shape index (κ3) is 8.28. The van der Waals surface area contributed by atoms with E-state index in [9.17, 15) is 0 Å². The molecule has 4 aliphatic rings. The molecule has 2 aliphatic heterocycles. The zero-order valence-corrected chi connectivity index (χ0v) is 42.9. The maximum Gasteiger partial charge on any atom is 0.0539 e. The Morgan fingerprint density at radius 3 is 1.92 bits per heavy atom. The van der Waals surface area contributed by atoms with Gasteiger partial charge in [0.1, 0.15) is 0 Å². The van der Waals surface area contributed by atoms with Gasteiger partial charge in [-0.2, -0.15) is 0 Å². The lowest BCUT2D eigenvalue weighted by molar-refractivity contribution is 0.837. The molecule has 0 saturated carbocycles. The maximum atomic E-state index is 4.54. The van der Waals surface area contributed by atoms with Gasteiger partial charge in [0.05, 0.1) is 11.2 Å². The molecule has 76 heavy (non-hydrogen) atoms. The highest BCUT2D eigenvalue weighted by atomic mass is 32.2. The lowest BCUT2D eigenvalue weighted by atomic mass is 9.90. The lowest BCUT2D eigenvalue weighted by Gasteiger charge is -2.28. The number of hydrogen-bond donors (Lipinski definition) is 0. The first kappa shape index (κ1) is 45.5. The van der Waals surface area contributed by atoms with Crippen LogP contribution in [-0.4, -0.2) is 4.57 Å². The fourth-order valence-electron chi connectivity index (χ4n) is 11.8. The van der Waals surface area contributed by atoms with Crippen molar-refractivity contribution in [3.05, 3.63) is 295 Å². The molecule has 4 heteroatoms. The molecule has 0 fully saturated rings. The number of rotatable bonds is 9. The van der Waals surface area contributed by atoms with Crippen LogP contribution in [0.1, 0.15) is 41.1 Å². The monoisotopic (exact) mass is 991 g/mol. The minimum absolute atomic E-state index is 0.385. The normalized spacial score (nSPS) is 16.0. The van der Waals surface area contributed by atoms with Crippen molar-refractivity contribution < 1.29 is 0 Å². The molecule has 10 aromatic rings. The summed E-state index contributed by atoms with van der Waals surface area (Å²) >= 11 is 1.92. The van der Waals surface area contributed by atoms with Crippen molar-refractivity contribution in [2.75, 3.05) is 9.80 Å². The van der Waals surface area contributed by atoms with Crippen LogP contribution in [0.25, 0.3) is 72.7 Å². The first-order valence-electron chi connectivity index (χ1n) is 26.4. The average Bonchev–Trinajstić information content (AvgIpc) is 4.07. The lowest BCUT2D eigenvalue weighted by Crippen LogP contribution is -2.11. The number of benzene rings is 9. The molecule has 3 nitrogen and oxygen atoms in total. The molecule has 14 rings (SSSR count). The Bertz CT molecular complexity index is 4060. The highest BCUT2D eigenvalue weighted by molar-refractivity contribution is 8.03. The van der Waals surface area contributed by atoms with Gasteiger partial charge < -0.3 is 14.4 Å². The summed E-state index contributed by atoms with van der Waals surface area (Å²) in [5.74, 6) is 0.385. The van der Waals surface area contributed by atoms with Gasteiger partial charge in [-0.3, -0.25) is 0 Å². The number of fused-ring (bicyclic) bond motifs is 7. The molecule has 362 valence electrons. The molecule has 9 aromatic carbocycles. The number of aromatic nitrogens is 1. The fraction of sp³-hybridized carbons (Fsp3) is 0.0556. The van der Waals surface area contributed by atoms with Crippen molar-refractivity contribution in [2.24, 2.45) is 0 Å². The van der Waals surface area contributed by atoms with Gasteiger partial charge in [-0.05, 0) is 195 Å². The van der Waals surface area contributed by atoms with Crippen molar-refractivity contribution >= 4 is 62.8 Å². The van der Waals surface area contributed by atoms with E-state index in [2.05, 4.69) is 288 Å². The van der Waals surface area contributed by atoms with Gasteiger partial charge in [0.25, 0.3) is 0 Å². The van der Waals surface area contributed by atoms with Crippen molar-refractivity contribution in [1.29, 1.82) is 0 Å². The molecule has 1 unspecified atom stereocenters. The van der Waals surface area contributed by atoms with Crippen LogP contribution in [0.3, 0.4) is 0 Å². The van der Waals surface area contributed by atoms with Crippen molar-refractivity contribution in [2.45, 2.75) is 30.1 Å². The molecule has 1 atom stereocenters. The van der Waals surface area contributed by atoms with Crippen LogP contribution < -0.4 is 9.80 Å². The van der Waals surface area contributed by atoms with Gasteiger partial charge >= 0.3 is 0 Å². The maximum absolute atomic E-state index is 4.54. The summed E-state index contributed by atoms with van der Waals surface area (Å²) in [6.45, 7) is 4.54. The highest BCUT2D eigenvalue weighted by Gasteiger charge is 2.30. The Hall–Kier alpha value is -9.09. The van der Waals surface area contributed by atoms with Crippen LogP contribution >= 0.6 is 11.8 Å². The minimum Gasteiger partial charge on any atom is -0.317 e. The second-order valence-corrected chi connectivity index (χ2v) is 21.2. The summed E-state index contributed by atoms with van der Waals surface area (Å²) in [7, 11) is 0. The number of thioether (sulfide) groups is 1. The summed E-state index contributed by atoms with van der Waals surface area (Å²) in [5, 5.41) is 1.27. The van der Waals surface area contributed by atoms with Crippen molar-refractivity contribution in [3.8, 4) is 50.2 Å². The van der Waals surface area contributed by atoms with Crippen LogP contribution in [-0.2, 0) is 6.42 Å². The first-order valence-corrected chi connectivity index (χ1v) is 27.2. The Morgan fingerprint density at radius 2 is 1.16 bits per heavy atom. The Balaban J connectivity index is 0.991. The fourth-order valence-corrected chi connectivity index (χ4v) is 13.0. The van der Waals surface area contributed by atoms with Crippen molar-refractivity contribution in [3.63, 3.8) is 0 Å². The number of hydrogen-bond acceptors (Lipinski definition) is 3. The third-order valence-corrected chi connectivity index (χ3v) is 16.7. The van der Waals surface area contributed by atoms with E-state index < -0.39 is 0 Å². The van der Waals surface area contributed by atoms with E-state index in [1.165, 1.54) is 54.3 Å². The molecule has 0 N–H and O–H groups in total. The molecule has 0 amide bonds. The molecule has 1 aromatic heterocycles. The van der Waals surface area contributed by atoms with Gasteiger partial charge in [-0.1, -0.05) is 164 Å². The summed E-state index contributed by atoms with van der Waals surface area (Å²) in [4.78, 5) is 7.53. The van der Waals surface area contributed by atoms with Gasteiger partial charge in [-0.15, -0.1) is 0 Å². The highest BCUT2D eigenvalue weighted by Crippen LogP contribution is 2.53. The molecule has 0 spiro atoms. The third-order valence-electron chi connectivity index (χ3n) is 15.4. The number of anilines is 5. The van der Waals surface area contributed by atoms with Gasteiger partial charge in [0.2, 0.25) is 0 Å². The number of nitrogens with zero attached hydrogens (tertiary/aromatic N) is 3. The van der Waals surface area contributed by atoms with Gasteiger partial charge in [0.15, 0.2) is 0 Å². The van der Waals surface area contributed by atoms with Crippen LogP contribution in [0.15, 0.2) is 277 Å². The second-order valence-electron chi connectivity index (χ2n) is 20.1. The topological polar surface area (TPSA) is 11.4 Å². The largest absolute Gasteiger partial charge is 0.317 e. The minimum atomic E-state index is 0.385. The summed E-state index contributed by atoms with van der Waals surface area (Å²) in [6, 6.07) is 78.6. The number of para-hydroxylation sites is 3.